The highest BCUT2D eigenvalue weighted by Gasteiger charge is 2.12. The molecule has 0 unspecified atom stereocenters. The van der Waals surface area contributed by atoms with Gasteiger partial charge in [-0.1, -0.05) is 44.6 Å². The molecule has 0 spiro atoms. The first-order valence-electron chi connectivity index (χ1n) is 8.32. The summed E-state index contributed by atoms with van der Waals surface area (Å²) in [5.74, 6) is -0.545. The molecule has 0 fully saturated rings. The minimum absolute atomic E-state index is 0.0758. The molecule has 0 atom stereocenters. The lowest BCUT2D eigenvalue weighted by atomic mass is 10.1. The summed E-state index contributed by atoms with van der Waals surface area (Å²) < 4.78 is 19.8. The Morgan fingerprint density at radius 1 is 1.38 bits per heavy atom. The van der Waals surface area contributed by atoms with Crippen LogP contribution in [0.1, 0.15) is 45.6 Å². The fraction of sp³-hybridized carbons (Fsp3) is 0.421. The van der Waals surface area contributed by atoms with E-state index in [0.29, 0.717) is 23.4 Å². The van der Waals surface area contributed by atoms with Crippen LogP contribution in [-0.4, -0.2) is 12.5 Å². The predicted molar refractivity (Wildman–Crippen MR) is 95.0 cm³/mol. The van der Waals surface area contributed by atoms with E-state index >= 15 is 0 Å². The summed E-state index contributed by atoms with van der Waals surface area (Å²) in [7, 11) is 0. The first-order chi connectivity index (χ1) is 11.5. The molecule has 0 saturated heterocycles. The molecule has 0 aromatic heterocycles. The number of rotatable bonds is 9. The zero-order valence-electron chi connectivity index (χ0n) is 14.7. The molecule has 1 amide bonds. The SMILES string of the molecule is CC/C=C\C(C(=O)NCc1cccc(OCCCC)c1F)=C(/C)N. The Balaban J connectivity index is 2.76. The van der Waals surface area contributed by atoms with E-state index in [1.165, 1.54) is 0 Å². The van der Waals surface area contributed by atoms with Crippen LogP contribution in [0, 0.1) is 5.82 Å². The zero-order valence-corrected chi connectivity index (χ0v) is 14.7. The van der Waals surface area contributed by atoms with Gasteiger partial charge in [-0.2, -0.15) is 0 Å². The smallest absolute Gasteiger partial charge is 0.253 e. The summed E-state index contributed by atoms with van der Waals surface area (Å²) in [6.45, 7) is 6.23. The number of carbonyl (C=O) groups excluding carboxylic acids is 1. The Morgan fingerprint density at radius 2 is 2.12 bits per heavy atom. The molecular weight excluding hydrogens is 307 g/mol. The van der Waals surface area contributed by atoms with Gasteiger partial charge in [0.05, 0.1) is 12.2 Å². The highest BCUT2D eigenvalue weighted by Crippen LogP contribution is 2.21. The van der Waals surface area contributed by atoms with Crippen LogP contribution in [0.2, 0.25) is 0 Å². The van der Waals surface area contributed by atoms with Crippen LogP contribution < -0.4 is 15.8 Å². The maximum absolute atomic E-state index is 14.4. The Labute approximate surface area is 143 Å². The van der Waals surface area contributed by atoms with Gasteiger partial charge in [0.25, 0.3) is 5.91 Å². The Bertz CT molecular complexity index is 605. The highest BCUT2D eigenvalue weighted by atomic mass is 19.1. The van der Waals surface area contributed by atoms with Gasteiger partial charge >= 0.3 is 0 Å². The molecule has 1 aromatic carbocycles. The van der Waals surface area contributed by atoms with Gasteiger partial charge in [-0.3, -0.25) is 4.79 Å². The molecule has 1 rings (SSSR count). The van der Waals surface area contributed by atoms with Gasteiger partial charge in [0.15, 0.2) is 11.6 Å². The molecule has 24 heavy (non-hydrogen) atoms. The Morgan fingerprint density at radius 3 is 2.75 bits per heavy atom. The molecule has 4 nitrogen and oxygen atoms in total. The Kier molecular flexibility index (Phi) is 8.61. The van der Waals surface area contributed by atoms with Crippen LogP contribution >= 0.6 is 0 Å². The summed E-state index contributed by atoms with van der Waals surface area (Å²) in [6, 6.07) is 4.94. The number of amides is 1. The van der Waals surface area contributed by atoms with Crippen LogP contribution in [0.25, 0.3) is 0 Å². The first-order valence-corrected chi connectivity index (χ1v) is 8.32. The fourth-order valence-corrected chi connectivity index (χ4v) is 2.02. The van der Waals surface area contributed by atoms with Gasteiger partial charge in [0, 0.05) is 17.8 Å². The van der Waals surface area contributed by atoms with Gasteiger partial charge in [-0.05, 0) is 25.8 Å². The Hall–Kier alpha value is -2.30. The third-order valence-electron chi connectivity index (χ3n) is 3.43. The average molecular weight is 334 g/mol. The van der Waals surface area contributed by atoms with E-state index in [2.05, 4.69) is 5.32 Å². The van der Waals surface area contributed by atoms with Gasteiger partial charge in [0.2, 0.25) is 0 Å². The van der Waals surface area contributed by atoms with E-state index in [-0.39, 0.29) is 18.2 Å². The molecule has 0 heterocycles. The lowest BCUT2D eigenvalue weighted by molar-refractivity contribution is -0.117. The predicted octanol–water partition coefficient (Wildman–Crippen LogP) is 3.82. The van der Waals surface area contributed by atoms with Crippen LogP contribution in [0.3, 0.4) is 0 Å². The second-order valence-corrected chi connectivity index (χ2v) is 5.52. The molecule has 0 radical (unpaired) electrons. The zero-order chi connectivity index (χ0) is 17.9. The number of unbranched alkanes of at least 4 members (excludes halogenated alkanes) is 1. The van der Waals surface area contributed by atoms with Crippen molar-refractivity contribution in [3.05, 3.63) is 53.0 Å². The minimum atomic E-state index is -0.437. The minimum Gasteiger partial charge on any atom is -0.491 e. The maximum atomic E-state index is 14.4. The van der Waals surface area contributed by atoms with E-state index < -0.39 is 5.82 Å². The van der Waals surface area contributed by atoms with Crippen LogP contribution in [0.4, 0.5) is 4.39 Å². The van der Waals surface area contributed by atoms with E-state index in [9.17, 15) is 9.18 Å². The van der Waals surface area contributed by atoms with E-state index in [0.717, 1.165) is 19.3 Å². The lowest BCUT2D eigenvalue weighted by Crippen LogP contribution is -2.26. The molecule has 5 heteroatoms. The van der Waals surface area contributed by atoms with Gasteiger partial charge in [0.1, 0.15) is 0 Å². The lowest BCUT2D eigenvalue weighted by Gasteiger charge is -2.11. The number of allylic oxidation sites excluding steroid dienone is 2. The standard InChI is InChI=1S/C19H27FN2O2/c1-4-6-10-16(14(3)21)19(23)22-13-15-9-8-11-17(18(15)20)24-12-7-5-2/h6,8-11H,4-5,7,12-13,21H2,1-3H3,(H,22,23)/b10-6-,16-14-. The van der Waals surface area contributed by atoms with E-state index in [4.69, 9.17) is 10.5 Å². The third kappa shape index (κ3) is 6.07. The molecule has 0 bridgehead atoms. The average Bonchev–Trinajstić information content (AvgIpc) is 2.55. The van der Waals surface area contributed by atoms with Crippen LogP contribution in [-0.2, 0) is 11.3 Å². The number of hydrogen-bond donors (Lipinski definition) is 2. The van der Waals surface area contributed by atoms with Crippen molar-refractivity contribution in [2.45, 2.75) is 46.6 Å². The number of nitrogens with two attached hydrogens (primary N) is 1. The molecule has 0 saturated carbocycles. The van der Waals surface area contributed by atoms with Gasteiger partial charge in [-0.15, -0.1) is 0 Å². The van der Waals surface area contributed by atoms with Crippen molar-refractivity contribution in [2.75, 3.05) is 6.61 Å². The first kappa shape index (κ1) is 19.7. The second-order valence-electron chi connectivity index (χ2n) is 5.52. The molecular formula is C19H27FN2O2. The molecule has 3 N–H and O–H groups in total. The number of carbonyl (C=O) groups is 1. The summed E-state index contributed by atoms with van der Waals surface area (Å²) in [5.41, 5.74) is 6.94. The van der Waals surface area contributed by atoms with Gasteiger partial charge in [-0.25, -0.2) is 4.39 Å². The summed E-state index contributed by atoms with van der Waals surface area (Å²) in [6.07, 6.45) is 6.19. The number of nitrogens with one attached hydrogen (secondary N) is 1. The van der Waals surface area contributed by atoms with Crippen molar-refractivity contribution in [3.63, 3.8) is 0 Å². The van der Waals surface area contributed by atoms with E-state index in [1.54, 1.807) is 31.2 Å². The maximum Gasteiger partial charge on any atom is 0.253 e. The van der Waals surface area contributed by atoms with Crippen molar-refractivity contribution in [3.8, 4) is 5.75 Å². The topological polar surface area (TPSA) is 64.3 Å². The molecule has 0 aliphatic rings. The fourth-order valence-electron chi connectivity index (χ4n) is 2.02. The number of halogens is 1. The van der Waals surface area contributed by atoms with Gasteiger partial charge < -0.3 is 15.8 Å². The largest absolute Gasteiger partial charge is 0.491 e. The van der Waals surface area contributed by atoms with Crippen molar-refractivity contribution < 1.29 is 13.9 Å². The molecule has 132 valence electrons. The summed E-state index contributed by atoms with van der Waals surface area (Å²) in [5, 5.41) is 2.70. The van der Waals surface area contributed by atoms with Crippen molar-refractivity contribution in [2.24, 2.45) is 5.73 Å². The molecule has 0 aliphatic heterocycles. The van der Waals surface area contributed by atoms with Crippen LogP contribution in [0.15, 0.2) is 41.6 Å². The van der Waals surface area contributed by atoms with Crippen molar-refractivity contribution in [1.29, 1.82) is 0 Å². The number of benzene rings is 1. The number of hydrogen-bond acceptors (Lipinski definition) is 3. The summed E-state index contributed by atoms with van der Waals surface area (Å²) >= 11 is 0. The number of ether oxygens (including phenoxy) is 1. The third-order valence-corrected chi connectivity index (χ3v) is 3.43. The summed E-state index contributed by atoms with van der Waals surface area (Å²) in [4.78, 5) is 12.2. The monoisotopic (exact) mass is 334 g/mol. The quantitative estimate of drug-likeness (QED) is 0.410. The molecule has 0 aliphatic carbocycles. The van der Waals surface area contributed by atoms with E-state index in [1.807, 2.05) is 19.9 Å². The highest BCUT2D eigenvalue weighted by molar-refractivity contribution is 5.96. The van der Waals surface area contributed by atoms with Crippen molar-refractivity contribution in [1.82, 2.24) is 5.32 Å². The van der Waals surface area contributed by atoms with Crippen molar-refractivity contribution >= 4 is 5.91 Å². The molecule has 1 aromatic rings. The normalized spacial score (nSPS) is 12.2. The van der Waals surface area contributed by atoms with Crippen LogP contribution in [0.5, 0.6) is 5.75 Å². The second kappa shape index (κ2) is 10.5.